The highest BCUT2D eigenvalue weighted by Gasteiger charge is 2.53. The molecule has 3 aliphatic rings. The van der Waals surface area contributed by atoms with Gasteiger partial charge in [0.05, 0.1) is 19.3 Å². The first-order valence-electron chi connectivity index (χ1n) is 10.4. The van der Waals surface area contributed by atoms with Gasteiger partial charge in [-0.3, -0.25) is 0 Å². The smallest absolute Gasteiger partial charge is 0.187 e. The highest BCUT2D eigenvalue weighted by molar-refractivity contribution is 4.95. The Morgan fingerprint density at radius 1 is 0.545 bits per heavy atom. The Morgan fingerprint density at radius 3 is 1.39 bits per heavy atom. The molecule has 0 aromatic rings. The van der Waals surface area contributed by atoms with Crippen LogP contribution >= 0.6 is 0 Å². The molecule has 0 aromatic heterocycles. The van der Waals surface area contributed by atoms with E-state index in [9.17, 15) is 51.1 Å². The van der Waals surface area contributed by atoms with Gasteiger partial charge in [0.25, 0.3) is 0 Å². The first-order chi connectivity index (χ1) is 15.5. The van der Waals surface area contributed by atoms with Crippen molar-refractivity contribution in [1.82, 2.24) is 0 Å². The second kappa shape index (κ2) is 11.0. The van der Waals surface area contributed by atoms with Gasteiger partial charge in [-0.15, -0.1) is 0 Å². The molecule has 3 fully saturated rings. The monoisotopic (exact) mass is 488 g/mol. The van der Waals surface area contributed by atoms with Crippen LogP contribution in [0.2, 0.25) is 0 Å². The van der Waals surface area contributed by atoms with Gasteiger partial charge in [0.1, 0.15) is 67.1 Å². The maximum Gasteiger partial charge on any atom is 0.187 e. The molecule has 15 heteroatoms. The molecule has 0 unspecified atom stereocenters. The first-order valence-corrected chi connectivity index (χ1v) is 10.4. The molecule has 0 aromatic carbocycles. The number of hydrogen-bond acceptors (Lipinski definition) is 15. The summed E-state index contributed by atoms with van der Waals surface area (Å²) in [5.74, 6) is 0. The van der Waals surface area contributed by atoms with Crippen molar-refractivity contribution in [3.05, 3.63) is 0 Å². The molecule has 3 saturated heterocycles. The molecule has 3 aliphatic heterocycles. The second-order valence-electron chi connectivity index (χ2n) is 8.32. The number of ether oxygens (including phenoxy) is 5. The van der Waals surface area contributed by atoms with Crippen LogP contribution in [0.1, 0.15) is 6.92 Å². The fraction of sp³-hybridized carbons (Fsp3) is 1.00. The molecule has 0 saturated carbocycles. The Kier molecular flexibility index (Phi) is 8.99. The van der Waals surface area contributed by atoms with Crippen LogP contribution in [0, 0.1) is 0 Å². The van der Waals surface area contributed by atoms with Gasteiger partial charge in [-0.2, -0.15) is 0 Å². The summed E-state index contributed by atoms with van der Waals surface area (Å²) >= 11 is 0. The van der Waals surface area contributed by atoms with E-state index in [0.717, 1.165) is 0 Å². The minimum atomic E-state index is -1.83. The van der Waals surface area contributed by atoms with Gasteiger partial charge in [-0.05, 0) is 6.92 Å². The summed E-state index contributed by atoms with van der Waals surface area (Å²) in [5.41, 5.74) is 0. The zero-order chi connectivity index (χ0) is 24.6. The van der Waals surface area contributed by atoms with Crippen LogP contribution in [-0.4, -0.2) is 156 Å². The van der Waals surface area contributed by atoms with Crippen LogP contribution in [0.5, 0.6) is 0 Å². The molecule has 3 rings (SSSR count). The van der Waals surface area contributed by atoms with Crippen LogP contribution in [-0.2, 0) is 23.7 Å². The molecular weight excluding hydrogens is 456 g/mol. The number of hydrogen-bond donors (Lipinski definition) is 10. The Balaban J connectivity index is 1.80. The zero-order valence-corrected chi connectivity index (χ0v) is 17.6. The van der Waals surface area contributed by atoms with Crippen LogP contribution in [0.4, 0.5) is 0 Å². The Labute approximate surface area is 187 Å². The van der Waals surface area contributed by atoms with E-state index in [0.29, 0.717) is 0 Å². The fourth-order valence-corrected chi connectivity index (χ4v) is 3.97. The molecule has 194 valence electrons. The number of aliphatic hydroxyl groups excluding tert-OH is 10. The summed E-state index contributed by atoms with van der Waals surface area (Å²) in [6.45, 7) is -0.0778. The molecule has 3 heterocycles. The van der Waals surface area contributed by atoms with Crippen molar-refractivity contribution < 1.29 is 74.7 Å². The predicted octanol–water partition coefficient (Wildman–Crippen LogP) is -6.55. The van der Waals surface area contributed by atoms with Crippen molar-refractivity contribution in [3.8, 4) is 0 Å². The van der Waals surface area contributed by atoms with Crippen molar-refractivity contribution in [1.29, 1.82) is 0 Å². The molecular formula is C18H32O15. The van der Waals surface area contributed by atoms with E-state index in [2.05, 4.69) is 0 Å². The molecule has 0 aliphatic carbocycles. The second-order valence-corrected chi connectivity index (χ2v) is 8.32. The lowest BCUT2D eigenvalue weighted by molar-refractivity contribution is -0.385. The van der Waals surface area contributed by atoms with E-state index in [1.807, 2.05) is 0 Å². The van der Waals surface area contributed by atoms with Crippen LogP contribution in [0.25, 0.3) is 0 Å². The van der Waals surface area contributed by atoms with Gasteiger partial charge in [-0.1, -0.05) is 0 Å². The highest BCUT2D eigenvalue weighted by Crippen LogP contribution is 2.32. The first kappa shape index (κ1) is 27.0. The van der Waals surface area contributed by atoms with E-state index < -0.39 is 105 Å². The largest absolute Gasteiger partial charge is 0.394 e. The molecule has 10 N–H and O–H groups in total. The summed E-state index contributed by atoms with van der Waals surface area (Å²) in [6, 6.07) is 0. The molecule has 0 radical (unpaired) electrons. The van der Waals surface area contributed by atoms with Crippen molar-refractivity contribution in [2.75, 3.05) is 13.2 Å². The summed E-state index contributed by atoms with van der Waals surface area (Å²) in [5, 5.41) is 99.9. The fourth-order valence-electron chi connectivity index (χ4n) is 3.97. The lowest BCUT2D eigenvalue weighted by atomic mass is 9.96. The quantitative estimate of drug-likeness (QED) is 0.167. The Morgan fingerprint density at radius 2 is 0.970 bits per heavy atom. The number of aliphatic hydroxyl groups is 10. The van der Waals surface area contributed by atoms with Gasteiger partial charge in [0.15, 0.2) is 18.9 Å². The minimum Gasteiger partial charge on any atom is -0.394 e. The van der Waals surface area contributed by atoms with Gasteiger partial charge < -0.3 is 74.7 Å². The van der Waals surface area contributed by atoms with E-state index in [1.165, 1.54) is 6.92 Å². The summed E-state index contributed by atoms with van der Waals surface area (Å²) in [7, 11) is 0. The van der Waals surface area contributed by atoms with Gasteiger partial charge in [-0.25, -0.2) is 0 Å². The molecule has 33 heavy (non-hydrogen) atoms. The lowest BCUT2D eigenvalue weighted by Crippen LogP contribution is -2.66. The van der Waals surface area contributed by atoms with Crippen LogP contribution in [0.3, 0.4) is 0 Å². The van der Waals surface area contributed by atoms with E-state index in [4.69, 9.17) is 23.7 Å². The summed E-state index contributed by atoms with van der Waals surface area (Å²) < 4.78 is 26.8. The van der Waals surface area contributed by atoms with Gasteiger partial charge in [0, 0.05) is 0 Å². The van der Waals surface area contributed by atoms with E-state index >= 15 is 0 Å². The topological polar surface area (TPSA) is 248 Å². The van der Waals surface area contributed by atoms with Gasteiger partial charge in [0.2, 0.25) is 0 Å². The molecule has 15 nitrogen and oxygen atoms in total. The molecule has 0 bridgehead atoms. The van der Waals surface area contributed by atoms with E-state index in [-0.39, 0.29) is 0 Å². The van der Waals surface area contributed by atoms with Crippen molar-refractivity contribution in [2.45, 2.75) is 99.0 Å². The Bertz CT molecular complexity index is 622. The molecule has 0 amide bonds. The van der Waals surface area contributed by atoms with Crippen molar-refractivity contribution in [2.24, 2.45) is 0 Å². The third kappa shape index (κ3) is 5.32. The average molecular weight is 488 g/mol. The number of rotatable bonds is 6. The third-order valence-electron chi connectivity index (χ3n) is 6.06. The summed E-state index contributed by atoms with van der Waals surface area (Å²) in [4.78, 5) is 0. The average Bonchev–Trinajstić information content (AvgIpc) is 2.79. The highest BCUT2D eigenvalue weighted by atomic mass is 16.8. The normalized spacial score (nSPS) is 53.7. The lowest BCUT2D eigenvalue weighted by Gasteiger charge is -2.48. The Hall–Kier alpha value is -0.600. The standard InChI is InChI=1S/C18H32O15/c1-4-7(21)14(32-17-12(26)10(24)8(22)5(2-19)30-17)15(16(28)29-4)33-18-13(27)11(25)9(23)6(3-20)31-18/h4-28H,2-3H2,1H3/t4-,5+,6+,7-,8+,9+,10-,11-,12-,13+,14+,15+,16+,17+,18-/m0/s1. The van der Waals surface area contributed by atoms with E-state index in [1.54, 1.807) is 0 Å². The summed E-state index contributed by atoms with van der Waals surface area (Å²) in [6.07, 6.45) is -24.1. The van der Waals surface area contributed by atoms with Crippen molar-refractivity contribution >= 4 is 0 Å². The third-order valence-corrected chi connectivity index (χ3v) is 6.06. The van der Waals surface area contributed by atoms with Crippen LogP contribution < -0.4 is 0 Å². The van der Waals surface area contributed by atoms with Crippen LogP contribution in [0.15, 0.2) is 0 Å². The molecule has 15 atom stereocenters. The SMILES string of the molecule is C[C@@H]1O[C@@H](O)[C@H](O[C@@H]2O[C@H](CO)[C@@H](O)[C@H](O)[C@H]2O)[C@H](O[C@H]2O[C@H](CO)[C@@H](O)[C@H](O)[C@@H]2O)[C@H]1O. The zero-order valence-electron chi connectivity index (χ0n) is 17.6. The minimum absolute atomic E-state index is 0.731. The van der Waals surface area contributed by atoms with Crippen molar-refractivity contribution in [3.63, 3.8) is 0 Å². The maximum absolute atomic E-state index is 10.6. The maximum atomic E-state index is 10.6. The predicted molar refractivity (Wildman–Crippen MR) is 99.8 cm³/mol. The van der Waals surface area contributed by atoms with Gasteiger partial charge >= 0.3 is 0 Å². The molecule has 0 spiro atoms.